The summed E-state index contributed by atoms with van der Waals surface area (Å²) in [5.41, 5.74) is 2.70. The van der Waals surface area contributed by atoms with Gasteiger partial charge in [0.05, 0.1) is 23.6 Å². The Morgan fingerprint density at radius 3 is 2.51 bits per heavy atom. The van der Waals surface area contributed by atoms with Gasteiger partial charge in [-0.2, -0.15) is 0 Å². The lowest BCUT2D eigenvalue weighted by molar-refractivity contribution is -0.126. The molecule has 4 aliphatic rings. The minimum Gasteiger partial charge on any atom is -0.454 e. The third-order valence-electron chi connectivity index (χ3n) is 7.41. The minimum absolute atomic E-state index is 0.0834. The molecule has 3 amide bonds. The van der Waals surface area contributed by atoms with E-state index < -0.39 is 29.8 Å². The van der Waals surface area contributed by atoms with Gasteiger partial charge >= 0.3 is 0 Å². The van der Waals surface area contributed by atoms with Crippen molar-refractivity contribution in [2.75, 3.05) is 21.9 Å². The molecule has 4 heterocycles. The van der Waals surface area contributed by atoms with Gasteiger partial charge in [-0.25, -0.2) is 4.90 Å². The maximum absolute atomic E-state index is 14.0. The Balaban J connectivity index is 1.30. The second-order valence-corrected chi connectivity index (χ2v) is 9.79. The Labute approximate surface area is 217 Å². The Bertz CT molecular complexity index is 1500. The number of hydrogen-bond acceptors (Lipinski definition) is 6. The van der Waals surface area contributed by atoms with E-state index >= 15 is 0 Å². The molecule has 4 atom stereocenters. The fourth-order valence-electron chi connectivity index (χ4n) is 5.84. The third-order valence-corrected chi connectivity index (χ3v) is 7.66. The number of carbonyl (C=O) groups is 3. The van der Waals surface area contributed by atoms with Crippen LogP contribution in [-0.2, 0) is 14.4 Å². The molecule has 0 bridgehead atoms. The van der Waals surface area contributed by atoms with E-state index in [2.05, 4.69) is 5.32 Å². The van der Waals surface area contributed by atoms with Gasteiger partial charge in [0.15, 0.2) is 11.5 Å². The maximum Gasteiger partial charge on any atom is 0.247 e. The van der Waals surface area contributed by atoms with E-state index in [9.17, 15) is 14.4 Å². The summed E-state index contributed by atoms with van der Waals surface area (Å²) in [6, 6.07) is 18.1. The van der Waals surface area contributed by atoms with E-state index in [1.165, 1.54) is 4.90 Å². The van der Waals surface area contributed by atoms with Crippen LogP contribution in [0.3, 0.4) is 0 Å². The summed E-state index contributed by atoms with van der Waals surface area (Å²) in [6.07, 6.45) is 3.87. The average Bonchev–Trinajstić information content (AvgIpc) is 3.58. The van der Waals surface area contributed by atoms with Crippen molar-refractivity contribution in [3.05, 3.63) is 83.4 Å². The van der Waals surface area contributed by atoms with E-state index in [1.807, 2.05) is 41.3 Å². The number of halogens is 1. The zero-order chi connectivity index (χ0) is 25.3. The van der Waals surface area contributed by atoms with Gasteiger partial charge in [0, 0.05) is 22.5 Å². The fraction of sp³-hybridized carbons (Fsp3) is 0.179. The quantitative estimate of drug-likeness (QED) is 0.531. The fourth-order valence-corrected chi connectivity index (χ4v) is 5.97. The number of benzene rings is 3. The molecule has 0 spiro atoms. The molecule has 4 aliphatic heterocycles. The molecule has 0 radical (unpaired) electrons. The Morgan fingerprint density at radius 1 is 0.919 bits per heavy atom. The monoisotopic (exact) mass is 513 g/mol. The van der Waals surface area contributed by atoms with E-state index in [1.54, 1.807) is 42.5 Å². The molecule has 3 aromatic rings. The first-order valence-electron chi connectivity index (χ1n) is 11.9. The van der Waals surface area contributed by atoms with Crippen molar-refractivity contribution in [1.29, 1.82) is 0 Å². The summed E-state index contributed by atoms with van der Waals surface area (Å²) in [7, 11) is 0. The van der Waals surface area contributed by atoms with Crippen LogP contribution in [0.15, 0.2) is 72.8 Å². The summed E-state index contributed by atoms with van der Waals surface area (Å²) in [6.45, 7) is 0.0834. The number of ether oxygens (including phenoxy) is 2. The highest BCUT2D eigenvalue weighted by atomic mass is 35.5. The van der Waals surface area contributed by atoms with E-state index in [0.717, 1.165) is 11.3 Å². The van der Waals surface area contributed by atoms with Gasteiger partial charge in [-0.1, -0.05) is 42.0 Å². The number of fused-ring (bicyclic) bond motifs is 6. The van der Waals surface area contributed by atoms with Crippen molar-refractivity contribution in [2.24, 2.45) is 11.8 Å². The summed E-state index contributed by atoms with van der Waals surface area (Å²) in [5.74, 6) is -1.67. The molecule has 8 nitrogen and oxygen atoms in total. The van der Waals surface area contributed by atoms with E-state index in [0.29, 0.717) is 27.9 Å². The lowest BCUT2D eigenvalue weighted by atomic mass is 9.88. The second kappa shape index (κ2) is 8.11. The molecule has 0 aromatic heterocycles. The molecule has 2 saturated heterocycles. The van der Waals surface area contributed by atoms with Gasteiger partial charge in [0.2, 0.25) is 24.5 Å². The zero-order valence-electron chi connectivity index (χ0n) is 19.3. The lowest BCUT2D eigenvalue weighted by Gasteiger charge is -2.36. The van der Waals surface area contributed by atoms with Crippen molar-refractivity contribution >= 4 is 52.5 Å². The predicted octanol–water partition coefficient (Wildman–Crippen LogP) is 4.10. The number of carbonyl (C=O) groups excluding carboxylic acids is 3. The maximum atomic E-state index is 14.0. The molecule has 184 valence electrons. The molecule has 0 unspecified atom stereocenters. The standard InChI is InChI=1S/C28H20ClN3O5/c29-16-6-8-17(9-7-16)30-26(33)25-24-23(20-11-5-15-3-1-2-4-19(15)32(20)25)27(34)31(28(24)35)18-10-12-21-22(13-18)37-14-36-21/h1-13,20,23-25H,14H2,(H,30,33)/t20-,23-,24+,25+/m1/s1. The van der Waals surface area contributed by atoms with Gasteiger partial charge in [0.1, 0.15) is 6.04 Å². The van der Waals surface area contributed by atoms with Crippen LogP contribution in [0.25, 0.3) is 6.08 Å². The van der Waals surface area contributed by atoms with Gasteiger partial charge in [-0.15, -0.1) is 0 Å². The van der Waals surface area contributed by atoms with E-state index in [4.69, 9.17) is 21.1 Å². The normalized spacial score (nSPS) is 24.7. The molecule has 37 heavy (non-hydrogen) atoms. The van der Waals surface area contributed by atoms with Crippen LogP contribution < -0.4 is 24.6 Å². The highest BCUT2D eigenvalue weighted by Crippen LogP contribution is 2.50. The first-order valence-corrected chi connectivity index (χ1v) is 12.3. The zero-order valence-corrected chi connectivity index (χ0v) is 20.1. The molecular formula is C28H20ClN3O5. The molecule has 2 fully saturated rings. The SMILES string of the molecule is O=C(Nc1ccc(Cl)cc1)[C@@H]1[C@H]2C(=O)N(c3ccc4c(c3)OCO4)C(=O)[C@@H]2[C@H]2C=Cc3ccccc3N21. The smallest absolute Gasteiger partial charge is 0.247 e. The summed E-state index contributed by atoms with van der Waals surface area (Å²) >= 11 is 6.01. The van der Waals surface area contributed by atoms with Crippen LogP contribution in [0.1, 0.15) is 5.56 Å². The number of hydrogen-bond donors (Lipinski definition) is 1. The third kappa shape index (κ3) is 3.25. The molecule has 0 saturated carbocycles. The van der Waals surface area contributed by atoms with Gasteiger partial charge in [-0.3, -0.25) is 14.4 Å². The number of nitrogens with one attached hydrogen (secondary N) is 1. The molecule has 0 aliphatic carbocycles. The van der Waals surface area contributed by atoms with Crippen LogP contribution in [-0.4, -0.2) is 36.6 Å². The first kappa shape index (κ1) is 21.9. The Hall–Kier alpha value is -4.30. The number of imide groups is 1. The highest BCUT2D eigenvalue weighted by molar-refractivity contribution is 6.30. The topological polar surface area (TPSA) is 88.2 Å². The minimum atomic E-state index is -0.896. The predicted molar refractivity (Wildman–Crippen MR) is 138 cm³/mol. The van der Waals surface area contributed by atoms with Crippen LogP contribution >= 0.6 is 11.6 Å². The van der Waals surface area contributed by atoms with Crippen molar-refractivity contribution in [3.63, 3.8) is 0 Å². The number of rotatable bonds is 3. The average molecular weight is 514 g/mol. The summed E-state index contributed by atoms with van der Waals surface area (Å²) < 4.78 is 10.8. The summed E-state index contributed by atoms with van der Waals surface area (Å²) in [5, 5.41) is 3.48. The van der Waals surface area contributed by atoms with Crippen LogP contribution in [0.2, 0.25) is 5.02 Å². The Kier molecular flexibility index (Phi) is 4.81. The molecule has 3 aromatic carbocycles. The Morgan fingerprint density at radius 2 is 1.68 bits per heavy atom. The van der Waals surface area contributed by atoms with Crippen LogP contribution in [0, 0.1) is 11.8 Å². The van der Waals surface area contributed by atoms with E-state index in [-0.39, 0.29) is 18.6 Å². The highest BCUT2D eigenvalue weighted by Gasteiger charge is 2.64. The largest absolute Gasteiger partial charge is 0.454 e. The first-order chi connectivity index (χ1) is 18.0. The van der Waals surface area contributed by atoms with Crippen LogP contribution in [0.4, 0.5) is 17.1 Å². The van der Waals surface area contributed by atoms with Gasteiger partial charge in [-0.05, 0) is 48.0 Å². The van der Waals surface area contributed by atoms with Crippen molar-refractivity contribution in [2.45, 2.75) is 12.1 Å². The second-order valence-electron chi connectivity index (χ2n) is 9.36. The number of para-hydroxylation sites is 1. The van der Waals surface area contributed by atoms with Crippen molar-refractivity contribution < 1.29 is 23.9 Å². The number of amides is 3. The molecular weight excluding hydrogens is 494 g/mol. The summed E-state index contributed by atoms with van der Waals surface area (Å²) in [4.78, 5) is 44.7. The molecule has 9 heteroatoms. The van der Waals surface area contributed by atoms with Gasteiger partial charge < -0.3 is 19.7 Å². The molecule has 7 rings (SSSR count). The van der Waals surface area contributed by atoms with Crippen LogP contribution in [0.5, 0.6) is 11.5 Å². The van der Waals surface area contributed by atoms with Gasteiger partial charge in [0.25, 0.3) is 0 Å². The van der Waals surface area contributed by atoms with Crippen molar-refractivity contribution in [3.8, 4) is 11.5 Å². The number of nitrogens with zero attached hydrogens (tertiary/aromatic N) is 2. The van der Waals surface area contributed by atoms with Crippen molar-refractivity contribution in [1.82, 2.24) is 0 Å². The molecule has 1 N–H and O–H groups in total. The number of anilines is 3. The lowest BCUT2D eigenvalue weighted by Crippen LogP contribution is -2.50.